The number of hydrogen-bond acceptors (Lipinski definition) is 3. The molecule has 0 spiro atoms. The minimum absolute atomic E-state index is 0.387. The number of nitrogens with zero attached hydrogens (tertiary/aromatic N) is 4. The van der Waals surface area contributed by atoms with Gasteiger partial charge < -0.3 is 15.0 Å². The molecule has 0 aliphatic rings. The van der Waals surface area contributed by atoms with Gasteiger partial charge in [0, 0.05) is 51.6 Å². The molecule has 0 unspecified atom stereocenters. The van der Waals surface area contributed by atoms with Crippen LogP contribution in [0.1, 0.15) is 36.6 Å². The number of nitrogens with one attached hydrogen (secondary N) is 1. The number of rotatable bonds is 8. The van der Waals surface area contributed by atoms with Gasteiger partial charge in [0.25, 0.3) is 0 Å². The predicted molar refractivity (Wildman–Crippen MR) is 111 cm³/mol. The van der Waals surface area contributed by atoms with Crippen LogP contribution in [-0.4, -0.2) is 41.3 Å². The van der Waals surface area contributed by atoms with Gasteiger partial charge in [0.1, 0.15) is 12.4 Å². The molecule has 0 atom stereocenters. The third-order valence-electron chi connectivity index (χ3n) is 4.23. The zero-order chi connectivity index (χ0) is 19.8. The second-order valence-electron chi connectivity index (χ2n) is 6.83. The monoisotopic (exact) mass is 369 g/mol. The Morgan fingerprint density at radius 2 is 2.11 bits per heavy atom. The van der Waals surface area contributed by atoms with Crippen LogP contribution in [0, 0.1) is 0 Å². The van der Waals surface area contributed by atoms with E-state index >= 15 is 0 Å². The maximum atomic E-state index is 5.73. The second kappa shape index (κ2) is 9.80. The van der Waals surface area contributed by atoms with E-state index in [2.05, 4.69) is 53.0 Å². The van der Waals surface area contributed by atoms with Crippen molar-refractivity contribution in [2.24, 2.45) is 12.0 Å². The molecule has 0 aliphatic carbocycles. The van der Waals surface area contributed by atoms with Crippen LogP contribution < -0.4 is 10.1 Å². The summed E-state index contributed by atoms with van der Waals surface area (Å²) in [5.74, 6) is 2.07. The molecule has 27 heavy (non-hydrogen) atoms. The quantitative estimate of drug-likeness (QED) is 0.441. The Bertz CT molecular complexity index is 779. The summed E-state index contributed by atoms with van der Waals surface area (Å²) >= 11 is 0. The lowest BCUT2D eigenvalue weighted by Gasteiger charge is -2.23. The Labute approximate surface area is 162 Å². The summed E-state index contributed by atoms with van der Waals surface area (Å²) in [6, 6.07) is 8.00. The van der Waals surface area contributed by atoms with Crippen LogP contribution in [0.4, 0.5) is 0 Å². The van der Waals surface area contributed by atoms with Crippen LogP contribution in [-0.2, 0) is 20.1 Å². The largest absolute Gasteiger partial charge is 0.489 e. The highest BCUT2D eigenvalue weighted by molar-refractivity contribution is 5.79. The van der Waals surface area contributed by atoms with Crippen LogP contribution >= 0.6 is 0 Å². The molecular formula is C21H31N5O. The van der Waals surface area contributed by atoms with Crippen molar-refractivity contribution in [2.75, 3.05) is 20.7 Å². The molecule has 1 aromatic heterocycles. The molecule has 0 amide bonds. The van der Waals surface area contributed by atoms with Crippen LogP contribution in [0.25, 0.3) is 0 Å². The summed E-state index contributed by atoms with van der Waals surface area (Å²) in [5, 5.41) is 8.01. The maximum Gasteiger partial charge on any atom is 0.193 e. The van der Waals surface area contributed by atoms with Gasteiger partial charge in [-0.1, -0.05) is 44.7 Å². The molecule has 0 fully saturated rings. The summed E-state index contributed by atoms with van der Waals surface area (Å²) in [6.07, 6.45) is 3.83. The Morgan fingerprint density at radius 3 is 2.78 bits per heavy atom. The Kier molecular flexibility index (Phi) is 7.46. The number of benzene rings is 1. The minimum atomic E-state index is 0.387. The van der Waals surface area contributed by atoms with E-state index in [1.165, 1.54) is 5.56 Å². The lowest BCUT2D eigenvalue weighted by molar-refractivity contribution is 0.358. The molecule has 0 saturated carbocycles. The van der Waals surface area contributed by atoms with E-state index in [0.717, 1.165) is 29.5 Å². The average molecular weight is 370 g/mol. The molecule has 2 aromatic rings. The summed E-state index contributed by atoms with van der Waals surface area (Å²) in [6.45, 7) is 9.91. The van der Waals surface area contributed by atoms with E-state index < -0.39 is 0 Å². The lowest BCUT2D eigenvalue weighted by atomic mass is 10.1. The number of para-hydroxylation sites is 1. The van der Waals surface area contributed by atoms with Crippen LogP contribution in [0.2, 0.25) is 0 Å². The van der Waals surface area contributed by atoms with Crippen LogP contribution in [0.15, 0.2) is 48.1 Å². The van der Waals surface area contributed by atoms with Gasteiger partial charge >= 0.3 is 0 Å². The SMILES string of the molecule is C=CCOc1ccccc1CNC(=NC)N(C)Cc1cn(C)nc1C(C)C. The predicted octanol–water partition coefficient (Wildman–Crippen LogP) is 3.32. The molecule has 2 rings (SSSR count). The van der Waals surface area contributed by atoms with Crippen molar-refractivity contribution in [3.63, 3.8) is 0 Å². The summed E-state index contributed by atoms with van der Waals surface area (Å²) < 4.78 is 7.61. The number of hydrogen-bond donors (Lipinski definition) is 1. The highest BCUT2D eigenvalue weighted by Gasteiger charge is 2.15. The zero-order valence-electron chi connectivity index (χ0n) is 17.1. The number of aromatic nitrogens is 2. The van der Waals surface area contributed by atoms with Crippen molar-refractivity contribution in [3.05, 3.63) is 59.9 Å². The molecule has 0 saturated heterocycles. The van der Waals surface area contributed by atoms with E-state index in [9.17, 15) is 0 Å². The smallest absolute Gasteiger partial charge is 0.193 e. The highest BCUT2D eigenvalue weighted by Crippen LogP contribution is 2.19. The third-order valence-corrected chi connectivity index (χ3v) is 4.23. The fraction of sp³-hybridized carbons (Fsp3) is 0.429. The Morgan fingerprint density at radius 1 is 1.37 bits per heavy atom. The van der Waals surface area contributed by atoms with Crippen molar-refractivity contribution in [1.29, 1.82) is 0 Å². The van der Waals surface area contributed by atoms with E-state index in [-0.39, 0.29) is 0 Å². The number of ether oxygens (including phenoxy) is 1. The zero-order valence-corrected chi connectivity index (χ0v) is 17.1. The normalized spacial score (nSPS) is 11.6. The maximum absolute atomic E-state index is 5.73. The molecular weight excluding hydrogens is 338 g/mol. The van der Waals surface area contributed by atoms with Crippen molar-refractivity contribution < 1.29 is 4.74 Å². The highest BCUT2D eigenvalue weighted by atomic mass is 16.5. The first-order valence-corrected chi connectivity index (χ1v) is 9.22. The first kappa shape index (κ1) is 20.6. The van der Waals surface area contributed by atoms with Gasteiger partial charge in [-0.3, -0.25) is 9.67 Å². The molecule has 0 aliphatic heterocycles. The van der Waals surface area contributed by atoms with Crippen molar-refractivity contribution in [2.45, 2.75) is 32.9 Å². The Balaban J connectivity index is 2.05. The van der Waals surface area contributed by atoms with Crippen molar-refractivity contribution in [3.8, 4) is 5.75 Å². The van der Waals surface area contributed by atoms with Gasteiger partial charge in [-0.15, -0.1) is 0 Å². The molecule has 1 heterocycles. The van der Waals surface area contributed by atoms with Gasteiger partial charge in [0.05, 0.1) is 5.69 Å². The molecule has 0 radical (unpaired) electrons. The molecule has 6 heteroatoms. The van der Waals surface area contributed by atoms with Gasteiger partial charge in [-0.05, 0) is 12.0 Å². The standard InChI is InChI=1S/C21H31N5O/c1-7-12-27-19-11-9-8-10-17(19)13-23-21(22-4)25(5)14-18-15-26(6)24-20(18)16(2)3/h7-11,15-16H,1,12-14H2,2-6H3,(H,22,23). The lowest BCUT2D eigenvalue weighted by Crippen LogP contribution is -2.38. The Hall–Kier alpha value is -2.76. The fourth-order valence-corrected chi connectivity index (χ4v) is 2.99. The summed E-state index contributed by atoms with van der Waals surface area (Å²) in [5.41, 5.74) is 3.42. The van der Waals surface area contributed by atoms with E-state index in [1.54, 1.807) is 13.1 Å². The first-order chi connectivity index (χ1) is 13.0. The van der Waals surface area contributed by atoms with E-state index in [0.29, 0.717) is 19.1 Å². The van der Waals surface area contributed by atoms with Gasteiger partial charge in [0.15, 0.2) is 5.96 Å². The third kappa shape index (κ3) is 5.61. The molecule has 1 N–H and O–H groups in total. The van der Waals surface area contributed by atoms with E-state index in [4.69, 9.17) is 4.74 Å². The first-order valence-electron chi connectivity index (χ1n) is 9.22. The fourth-order valence-electron chi connectivity index (χ4n) is 2.99. The van der Waals surface area contributed by atoms with Crippen molar-refractivity contribution >= 4 is 5.96 Å². The summed E-state index contributed by atoms with van der Waals surface area (Å²) in [7, 11) is 5.79. The average Bonchev–Trinajstić information content (AvgIpc) is 3.01. The molecule has 1 aromatic carbocycles. The van der Waals surface area contributed by atoms with E-state index in [1.807, 2.05) is 37.0 Å². The van der Waals surface area contributed by atoms with Crippen LogP contribution in [0.5, 0.6) is 5.75 Å². The molecule has 0 bridgehead atoms. The van der Waals surface area contributed by atoms with Gasteiger partial charge in [0.2, 0.25) is 0 Å². The van der Waals surface area contributed by atoms with Crippen LogP contribution in [0.3, 0.4) is 0 Å². The molecule has 146 valence electrons. The van der Waals surface area contributed by atoms with Gasteiger partial charge in [-0.2, -0.15) is 5.10 Å². The van der Waals surface area contributed by atoms with Gasteiger partial charge in [-0.25, -0.2) is 0 Å². The molecule has 6 nitrogen and oxygen atoms in total. The minimum Gasteiger partial charge on any atom is -0.489 e. The number of aliphatic imine (C=N–C) groups is 1. The second-order valence-corrected chi connectivity index (χ2v) is 6.83. The number of aryl methyl sites for hydroxylation is 1. The topological polar surface area (TPSA) is 54.7 Å². The number of guanidine groups is 1. The summed E-state index contributed by atoms with van der Waals surface area (Å²) in [4.78, 5) is 6.53. The van der Waals surface area contributed by atoms with Crippen molar-refractivity contribution in [1.82, 2.24) is 20.0 Å².